The monoisotopic (exact) mass is 282 g/mol. The van der Waals surface area contributed by atoms with Crippen molar-refractivity contribution in [1.29, 1.82) is 0 Å². The number of Topliss-reactive ketones (excluding diaryl/α,β-unsaturated/α-hetero) is 2. The minimum absolute atomic E-state index is 0.0164. The van der Waals surface area contributed by atoms with Crippen LogP contribution >= 0.6 is 0 Å². The number of fused-ring (bicyclic) bond motifs is 2. The van der Waals surface area contributed by atoms with E-state index >= 15 is 0 Å². The normalized spacial score (nSPS) is 26.0. The van der Waals surface area contributed by atoms with Crippen LogP contribution in [0.2, 0.25) is 0 Å². The quantitative estimate of drug-likeness (QED) is 0.800. The maximum atomic E-state index is 12.1. The molecule has 1 aromatic carbocycles. The number of ketones is 2. The Morgan fingerprint density at radius 1 is 1.05 bits per heavy atom. The van der Waals surface area contributed by atoms with Gasteiger partial charge in [-0.2, -0.15) is 0 Å². The molecule has 108 valence electrons. The molecule has 3 heteroatoms. The van der Waals surface area contributed by atoms with Gasteiger partial charge in [0.25, 0.3) is 0 Å². The van der Waals surface area contributed by atoms with Gasteiger partial charge >= 0.3 is 0 Å². The molecule has 0 saturated carbocycles. The molecule has 1 aromatic rings. The summed E-state index contributed by atoms with van der Waals surface area (Å²) in [4.78, 5) is 24.1. The average molecular weight is 282 g/mol. The number of hydrogen-bond donors (Lipinski definition) is 0. The summed E-state index contributed by atoms with van der Waals surface area (Å²) >= 11 is 0. The molecule has 0 radical (unpaired) electrons. The summed E-state index contributed by atoms with van der Waals surface area (Å²) in [7, 11) is 0. The Bertz CT molecular complexity index is 628. The fourth-order valence-corrected chi connectivity index (χ4v) is 3.46. The van der Waals surface area contributed by atoms with Gasteiger partial charge in [-0.05, 0) is 31.6 Å². The Hall–Kier alpha value is -2.16. The molecule has 0 amide bonds. The van der Waals surface area contributed by atoms with E-state index in [0.717, 1.165) is 11.3 Å². The van der Waals surface area contributed by atoms with Gasteiger partial charge in [-0.1, -0.05) is 36.4 Å². The van der Waals surface area contributed by atoms with Gasteiger partial charge in [0.05, 0.1) is 5.92 Å². The Labute approximate surface area is 124 Å². The molecule has 0 saturated heterocycles. The molecule has 21 heavy (non-hydrogen) atoms. The van der Waals surface area contributed by atoms with Crippen LogP contribution in [-0.4, -0.2) is 17.7 Å². The number of benzene rings is 1. The van der Waals surface area contributed by atoms with E-state index in [1.807, 2.05) is 48.6 Å². The van der Waals surface area contributed by atoms with Gasteiger partial charge in [-0.25, -0.2) is 0 Å². The fourth-order valence-electron chi connectivity index (χ4n) is 3.46. The van der Waals surface area contributed by atoms with Crippen LogP contribution in [0.3, 0.4) is 0 Å². The number of carbonyl (C=O) groups excluding carboxylic acids is 2. The van der Waals surface area contributed by atoms with E-state index in [0.29, 0.717) is 0 Å². The maximum absolute atomic E-state index is 12.1. The molecule has 0 unspecified atom stereocenters. The lowest BCUT2D eigenvalue weighted by Gasteiger charge is -2.40. The highest BCUT2D eigenvalue weighted by Crippen LogP contribution is 2.46. The van der Waals surface area contributed by atoms with Crippen molar-refractivity contribution in [2.45, 2.75) is 25.9 Å². The highest BCUT2D eigenvalue weighted by Gasteiger charge is 2.43. The van der Waals surface area contributed by atoms with Crippen LogP contribution in [0.1, 0.15) is 25.3 Å². The van der Waals surface area contributed by atoms with Gasteiger partial charge in [-0.3, -0.25) is 9.59 Å². The third-order valence-corrected chi connectivity index (χ3v) is 4.32. The van der Waals surface area contributed by atoms with E-state index in [4.69, 9.17) is 4.74 Å². The Morgan fingerprint density at radius 2 is 1.71 bits per heavy atom. The zero-order valence-electron chi connectivity index (χ0n) is 12.2. The van der Waals surface area contributed by atoms with E-state index in [9.17, 15) is 9.59 Å². The summed E-state index contributed by atoms with van der Waals surface area (Å²) in [5, 5.41) is 0. The van der Waals surface area contributed by atoms with Crippen molar-refractivity contribution in [3.63, 3.8) is 0 Å². The van der Waals surface area contributed by atoms with E-state index in [2.05, 4.69) is 0 Å². The highest BCUT2D eigenvalue weighted by atomic mass is 16.5. The third kappa shape index (κ3) is 2.33. The summed E-state index contributed by atoms with van der Waals surface area (Å²) in [5.41, 5.74) is 0.953. The molecule has 1 aliphatic carbocycles. The van der Waals surface area contributed by atoms with E-state index in [1.165, 1.54) is 13.8 Å². The summed E-state index contributed by atoms with van der Waals surface area (Å²) in [6.07, 6.45) is 7.83. The highest BCUT2D eigenvalue weighted by molar-refractivity contribution is 6.01. The minimum atomic E-state index is -0.612. The molecule has 3 nitrogen and oxygen atoms in total. The summed E-state index contributed by atoms with van der Waals surface area (Å²) in [6, 6.07) is 7.70. The van der Waals surface area contributed by atoms with Gasteiger partial charge < -0.3 is 4.74 Å². The van der Waals surface area contributed by atoms with Crippen LogP contribution in [0.5, 0.6) is 5.75 Å². The molecule has 0 aromatic heterocycles. The van der Waals surface area contributed by atoms with E-state index < -0.39 is 5.92 Å². The van der Waals surface area contributed by atoms with Crippen molar-refractivity contribution in [1.82, 2.24) is 0 Å². The molecule has 0 spiro atoms. The molecule has 2 aliphatic rings. The molecule has 1 heterocycles. The smallest absolute Gasteiger partial charge is 0.140 e. The van der Waals surface area contributed by atoms with Gasteiger partial charge in [0, 0.05) is 11.8 Å². The first-order valence-electron chi connectivity index (χ1n) is 7.21. The third-order valence-electron chi connectivity index (χ3n) is 4.32. The molecular formula is C18H18O3. The van der Waals surface area contributed by atoms with Crippen LogP contribution in [0.4, 0.5) is 0 Å². The lowest BCUT2D eigenvalue weighted by atomic mass is 9.69. The number of carbonyl (C=O) groups is 2. The van der Waals surface area contributed by atoms with Gasteiger partial charge in [-0.15, -0.1) is 0 Å². The number of allylic oxidation sites excluding steroid dienone is 2. The van der Waals surface area contributed by atoms with Crippen molar-refractivity contribution in [3.8, 4) is 5.75 Å². The van der Waals surface area contributed by atoms with E-state index in [-0.39, 0.29) is 29.5 Å². The van der Waals surface area contributed by atoms with Gasteiger partial charge in [0.15, 0.2) is 0 Å². The minimum Gasteiger partial charge on any atom is -0.485 e. The summed E-state index contributed by atoms with van der Waals surface area (Å²) < 4.78 is 6.02. The maximum Gasteiger partial charge on any atom is 0.140 e. The first-order chi connectivity index (χ1) is 10.1. The molecule has 3 rings (SSSR count). The van der Waals surface area contributed by atoms with Crippen molar-refractivity contribution in [2.75, 3.05) is 0 Å². The largest absolute Gasteiger partial charge is 0.485 e. The zero-order valence-corrected chi connectivity index (χ0v) is 12.2. The zero-order chi connectivity index (χ0) is 15.0. The van der Waals surface area contributed by atoms with Crippen LogP contribution < -0.4 is 4.74 Å². The molecular weight excluding hydrogens is 264 g/mol. The molecule has 0 bridgehead atoms. The Morgan fingerprint density at radius 3 is 2.43 bits per heavy atom. The second-order valence-electron chi connectivity index (χ2n) is 5.69. The Balaban J connectivity index is 2.14. The van der Waals surface area contributed by atoms with Crippen LogP contribution in [0.25, 0.3) is 0 Å². The second kappa shape index (κ2) is 5.32. The SMILES string of the molecule is CC(=O)C(C(C)=O)[C@@H]1c2ccccc2O[C@H]2C=CC=C[C@@H]21. The molecule has 1 aliphatic heterocycles. The van der Waals surface area contributed by atoms with Crippen molar-refractivity contribution in [2.24, 2.45) is 11.8 Å². The van der Waals surface area contributed by atoms with Crippen LogP contribution in [0.15, 0.2) is 48.6 Å². The number of rotatable bonds is 3. The summed E-state index contributed by atoms with van der Waals surface area (Å²) in [6.45, 7) is 3.00. The summed E-state index contributed by atoms with van der Waals surface area (Å²) in [5.74, 6) is -0.134. The standard InChI is InChI=1S/C18H18O3/c1-11(19)17(12(2)20)18-13-7-3-5-9-15(13)21-16-10-6-4-8-14(16)18/h3-10,13,15,17-18H,1-2H3/t13-,15-,18-/m0/s1. The molecule has 0 fully saturated rings. The van der Waals surface area contributed by atoms with E-state index in [1.54, 1.807) is 0 Å². The Kier molecular flexibility index (Phi) is 3.50. The van der Waals surface area contributed by atoms with Gasteiger partial charge in [0.2, 0.25) is 0 Å². The van der Waals surface area contributed by atoms with Gasteiger partial charge in [0.1, 0.15) is 23.4 Å². The first-order valence-corrected chi connectivity index (χ1v) is 7.21. The average Bonchev–Trinajstić information content (AvgIpc) is 2.46. The van der Waals surface area contributed by atoms with Crippen LogP contribution in [0, 0.1) is 11.8 Å². The fraction of sp³-hybridized carbons (Fsp3) is 0.333. The second-order valence-corrected chi connectivity index (χ2v) is 5.69. The first kappa shape index (κ1) is 13.8. The lowest BCUT2D eigenvalue weighted by Crippen LogP contribution is -2.41. The number of ether oxygens (including phenoxy) is 1. The topological polar surface area (TPSA) is 43.4 Å². The van der Waals surface area contributed by atoms with Crippen molar-refractivity contribution < 1.29 is 14.3 Å². The number of hydrogen-bond acceptors (Lipinski definition) is 3. The predicted molar refractivity (Wildman–Crippen MR) is 80.2 cm³/mol. The lowest BCUT2D eigenvalue weighted by molar-refractivity contribution is -0.132. The predicted octanol–water partition coefficient (Wildman–Crippen LogP) is 3.07. The number of para-hydroxylation sites is 1. The molecule has 3 atom stereocenters. The molecule has 0 N–H and O–H groups in total. The van der Waals surface area contributed by atoms with Crippen molar-refractivity contribution >= 4 is 11.6 Å². The van der Waals surface area contributed by atoms with Crippen LogP contribution in [-0.2, 0) is 9.59 Å². The van der Waals surface area contributed by atoms with Crippen molar-refractivity contribution in [3.05, 3.63) is 54.1 Å².